The topological polar surface area (TPSA) is 46.2 Å². The number of rotatable bonds is 5. The van der Waals surface area contributed by atoms with Crippen molar-refractivity contribution in [3.63, 3.8) is 0 Å². The quantitative estimate of drug-likeness (QED) is 0.909. The van der Waals surface area contributed by atoms with E-state index in [2.05, 4.69) is 19.2 Å². The molecule has 0 heterocycles. The van der Waals surface area contributed by atoms with Crippen molar-refractivity contribution in [1.82, 2.24) is 5.32 Å². The second kappa shape index (κ2) is 6.93. The maximum absolute atomic E-state index is 11.3. The summed E-state index contributed by atoms with van der Waals surface area (Å²) in [4.78, 5) is 0. The summed E-state index contributed by atoms with van der Waals surface area (Å²) in [7, 11) is -2.95. The van der Waals surface area contributed by atoms with Gasteiger partial charge in [-0.3, -0.25) is 0 Å². The summed E-state index contributed by atoms with van der Waals surface area (Å²) >= 11 is 0. The number of benzene rings is 1. The second-order valence-corrected chi connectivity index (χ2v) is 9.02. The maximum atomic E-state index is 11.3. The second-order valence-electron chi connectivity index (χ2n) is 6.88. The van der Waals surface area contributed by atoms with Crippen LogP contribution >= 0.6 is 0 Å². The van der Waals surface area contributed by atoms with Crippen LogP contribution in [-0.2, 0) is 22.1 Å². The molecule has 1 fully saturated rings. The number of hydrogen-bond donors (Lipinski definition) is 1. The van der Waals surface area contributed by atoms with Gasteiger partial charge in [-0.25, -0.2) is 8.42 Å². The lowest BCUT2D eigenvalue weighted by atomic mass is 9.80. The lowest BCUT2D eigenvalue weighted by Crippen LogP contribution is -2.35. The Labute approximate surface area is 129 Å². The Morgan fingerprint density at radius 2 is 1.52 bits per heavy atom. The van der Waals surface area contributed by atoms with Crippen LogP contribution in [0, 0.1) is 11.8 Å². The highest BCUT2D eigenvalue weighted by atomic mass is 32.2. The smallest absolute Gasteiger partial charge is 0.151 e. The van der Waals surface area contributed by atoms with Gasteiger partial charge in [-0.2, -0.15) is 0 Å². The van der Waals surface area contributed by atoms with Gasteiger partial charge in [0.05, 0.1) is 5.75 Å². The van der Waals surface area contributed by atoms with Crippen molar-refractivity contribution in [3.05, 3.63) is 35.4 Å². The molecule has 0 aromatic heterocycles. The van der Waals surface area contributed by atoms with Crippen LogP contribution < -0.4 is 5.32 Å². The zero-order valence-electron chi connectivity index (χ0n) is 13.3. The molecular weight excluding hydrogens is 282 g/mol. The third kappa shape index (κ3) is 5.79. The van der Waals surface area contributed by atoms with E-state index in [-0.39, 0.29) is 5.75 Å². The molecule has 2 rings (SSSR count). The summed E-state index contributed by atoms with van der Waals surface area (Å²) < 4.78 is 22.5. The van der Waals surface area contributed by atoms with E-state index in [1.165, 1.54) is 31.1 Å². The van der Waals surface area contributed by atoms with Gasteiger partial charge in [0.25, 0.3) is 0 Å². The van der Waals surface area contributed by atoms with Crippen LogP contribution in [0.3, 0.4) is 0 Å². The van der Waals surface area contributed by atoms with Gasteiger partial charge in [-0.15, -0.1) is 0 Å². The zero-order valence-corrected chi connectivity index (χ0v) is 14.1. The largest absolute Gasteiger partial charge is 0.310 e. The Bertz CT molecular complexity index is 541. The molecule has 3 nitrogen and oxygen atoms in total. The van der Waals surface area contributed by atoms with Crippen LogP contribution in [0.4, 0.5) is 0 Å². The van der Waals surface area contributed by atoms with Crippen LogP contribution in [0.15, 0.2) is 24.3 Å². The maximum Gasteiger partial charge on any atom is 0.151 e. The molecule has 0 spiro atoms. The molecule has 0 bridgehead atoms. The Morgan fingerprint density at radius 1 is 1.00 bits per heavy atom. The molecule has 0 amide bonds. The van der Waals surface area contributed by atoms with E-state index in [0.717, 1.165) is 23.9 Å². The first kappa shape index (κ1) is 16.5. The van der Waals surface area contributed by atoms with Crippen molar-refractivity contribution < 1.29 is 8.42 Å². The van der Waals surface area contributed by atoms with E-state index in [9.17, 15) is 8.42 Å². The standard InChI is InChI=1S/C17H27NO2S/c1-13-8-14(2)10-17(9-13)18-11-15-4-6-16(7-5-15)12-21(3,19)20/h4-7,13-14,17-18H,8-12H2,1-3H3/t13-,14-/m0/s1. The van der Waals surface area contributed by atoms with Gasteiger partial charge in [0, 0.05) is 18.8 Å². The molecule has 1 aromatic rings. The normalized spacial score (nSPS) is 26.7. The first-order chi connectivity index (χ1) is 9.82. The number of hydrogen-bond acceptors (Lipinski definition) is 3. The highest BCUT2D eigenvalue weighted by Crippen LogP contribution is 2.28. The van der Waals surface area contributed by atoms with Gasteiger partial charge in [0.2, 0.25) is 0 Å². The lowest BCUT2D eigenvalue weighted by Gasteiger charge is -2.32. The molecular formula is C17H27NO2S. The van der Waals surface area contributed by atoms with Gasteiger partial charge < -0.3 is 5.32 Å². The fraction of sp³-hybridized carbons (Fsp3) is 0.647. The molecule has 2 atom stereocenters. The molecule has 0 saturated heterocycles. The fourth-order valence-electron chi connectivity index (χ4n) is 3.43. The summed E-state index contributed by atoms with van der Waals surface area (Å²) in [6.07, 6.45) is 5.14. The predicted octanol–water partition coefficient (Wildman–Crippen LogP) is 3.15. The van der Waals surface area contributed by atoms with Crippen molar-refractivity contribution in [3.8, 4) is 0 Å². The zero-order chi connectivity index (χ0) is 15.5. The van der Waals surface area contributed by atoms with E-state index in [1.54, 1.807) is 0 Å². The molecule has 118 valence electrons. The van der Waals surface area contributed by atoms with Gasteiger partial charge in [0.15, 0.2) is 9.84 Å². The highest BCUT2D eigenvalue weighted by Gasteiger charge is 2.23. The summed E-state index contributed by atoms with van der Waals surface area (Å²) in [6, 6.07) is 8.51. The van der Waals surface area contributed by atoms with Gasteiger partial charge in [-0.1, -0.05) is 38.1 Å². The molecule has 4 heteroatoms. The van der Waals surface area contributed by atoms with E-state index in [4.69, 9.17) is 0 Å². The summed E-state index contributed by atoms with van der Waals surface area (Å²) in [6.45, 7) is 5.54. The summed E-state index contributed by atoms with van der Waals surface area (Å²) in [5, 5.41) is 3.65. The van der Waals surface area contributed by atoms with Crippen LogP contribution in [0.1, 0.15) is 44.2 Å². The minimum absolute atomic E-state index is 0.123. The highest BCUT2D eigenvalue weighted by molar-refractivity contribution is 7.89. The van der Waals surface area contributed by atoms with E-state index in [1.807, 2.05) is 24.3 Å². The van der Waals surface area contributed by atoms with Gasteiger partial charge in [0.1, 0.15) is 0 Å². The molecule has 0 radical (unpaired) electrons. The molecule has 1 aromatic carbocycles. The van der Waals surface area contributed by atoms with E-state index < -0.39 is 9.84 Å². The lowest BCUT2D eigenvalue weighted by molar-refractivity contribution is 0.238. The molecule has 1 aliphatic carbocycles. The average Bonchev–Trinajstić information content (AvgIpc) is 2.35. The van der Waals surface area contributed by atoms with Crippen LogP contribution in [0.5, 0.6) is 0 Å². The minimum atomic E-state index is -2.95. The van der Waals surface area contributed by atoms with E-state index in [0.29, 0.717) is 6.04 Å². The third-order valence-corrected chi connectivity index (χ3v) is 5.08. The molecule has 1 saturated carbocycles. The molecule has 21 heavy (non-hydrogen) atoms. The first-order valence-electron chi connectivity index (χ1n) is 7.81. The monoisotopic (exact) mass is 309 g/mol. The molecule has 0 aliphatic heterocycles. The summed E-state index contributed by atoms with van der Waals surface area (Å²) in [5.74, 6) is 1.74. The van der Waals surface area contributed by atoms with E-state index >= 15 is 0 Å². The van der Waals surface area contributed by atoms with Crippen molar-refractivity contribution in [2.75, 3.05) is 6.26 Å². The molecule has 1 aliphatic rings. The Morgan fingerprint density at radius 3 is 2.05 bits per heavy atom. The predicted molar refractivity (Wildman–Crippen MR) is 87.8 cm³/mol. The first-order valence-corrected chi connectivity index (χ1v) is 9.87. The fourth-order valence-corrected chi connectivity index (χ4v) is 4.23. The molecule has 1 N–H and O–H groups in total. The van der Waals surface area contributed by atoms with Crippen molar-refractivity contribution in [2.24, 2.45) is 11.8 Å². The van der Waals surface area contributed by atoms with Crippen LogP contribution in [0.2, 0.25) is 0 Å². The molecule has 0 unspecified atom stereocenters. The Balaban J connectivity index is 1.86. The third-order valence-electron chi connectivity index (χ3n) is 4.23. The van der Waals surface area contributed by atoms with Crippen molar-refractivity contribution >= 4 is 9.84 Å². The van der Waals surface area contributed by atoms with Gasteiger partial charge >= 0.3 is 0 Å². The van der Waals surface area contributed by atoms with Crippen LogP contribution in [-0.4, -0.2) is 20.7 Å². The van der Waals surface area contributed by atoms with Crippen LogP contribution in [0.25, 0.3) is 0 Å². The minimum Gasteiger partial charge on any atom is -0.310 e. The Kier molecular flexibility index (Phi) is 5.44. The average molecular weight is 309 g/mol. The van der Waals surface area contributed by atoms with Crippen molar-refractivity contribution in [2.45, 2.75) is 51.4 Å². The Hall–Kier alpha value is -0.870. The summed E-state index contributed by atoms with van der Waals surface area (Å²) in [5.41, 5.74) is 2.08. The van der Waals surface area contributed by atoms with Crippen molar-refractivity contribution in [1.29, 1.82) is 0 Å². The SMILES string of the molecule is C[C@@H]1CC(NCc2ccc(CS(C)(=O)=O)cc2)C[C@@H](C)C1. The number of nitrogens with one attached hydrogen (secondary N) is 1. The van der Waals surface area contributed by atoms with Gasteiger partial charge in [-0.05, 0) is 42.2 Å². The number of sulfone groups is 1.